The van der Waals surface area contributed by atoms with E-state index in [1.54, 1.807) is 18.2 Å². The van der Waals surface area contributed by atoms with Gasteiger partial charge in [0, 0.05) is 36.4 Å². The second kappa shape index (κ2) is 15.7. The molecule has 0 saturated carbocycles. The van der Waals surface area contributed by atoms with Gasteiger partial charge >= 0.3 is 23.9 Å². The third kappa shape index (κ3) is 11.5. The number of aliphatic carboxylic acids is 4. The molecule has 0 fully saturated rings. The summed E-state index contributed by atoms with van der Waals surface area (Å²) in [5.74, 6) is -7.77. The first-order valence-electron chi connectivity index (χ1n) is 11.2. The van der Waals surface area contributed by atoms with Gasteiger partial charge in [0.15, 0.2) is 0 Å². The van der Waals surface area contributed by atoms with Crippen molar-refractivity contribution in [2.24, 2.45) is 0 Å². The molecule has 3 aromatic rings. The average Bonchev–Trinajstić information content (AvgIpc) is 3.32. The number of unbranched alkanes of at least 4 members (excludes halogenated alkanes) is 1. The summed E-state index contributed by atoms with van der Waals surface area (Å²) in [6, 6.07) is 12.9. The van der Waals surface area contributed by atoms with Gasteiger partial charge in [-0.2, -0.15) is 0 Å². The number of phenolic OH excluding ortho intramolecular Hbond substituents is 1. The third-order valence-electron chi connectivity index (χ3n) is 4.85. The number of para-hydroxylation sites is 1. The number of H-pyrrole nitrogens is 1. The van der Waals surface area contributed by atoms with Crippen LogP contribution in [0.1, 0.15) is 41.6 Å². The van der Waals surface area contributed by atoms with Crippen LogP contribution in [0.2, 0.25) is 0 Å². The van der Waals surface area contributed by atoms with Crippen LogP contribution in [-0.2, 0) is 35.2 Å². The molecule has 1 aromatic heterocycles. The smallest absolute Gasteiger partial charge is 0.377 e. The first kappa shape index (κ1) is 31.7. The highest BCUT2D eigenvalue weighted by Gasteiger charge is 2.18. The Morgan fingerprint density at radius 2 is 1.23 bits per heavy atom. The minimum absolute atomic E-state index is 0.0209. The number of benzene rings is 2. The summed E-state index contributed by atoms with van der Waals surface area (Å²) in [7, 11) is 0. The standard InChI is InChI=1S/C10H7NO3.C9H8O4.C7H10O5/c12-9(10(13)14)7-5-11-8-4-2-1-3-6(7)8;10-7-3-1-6(2-4-7)5-8(11)9(12)13;8-5(7(11)12)3-1-2-4-6(9)10/h1-5,11H,(H,13,14);1-4,10H,5H2,(H,12,13);1-4H2,(H,9,10)(H,11,12). The highest BCUT2D eigenvalue weighted by atomic mass is 16.4. The number of nitrogens with one attached hydrogen (secondary N) is 1. The molecular weight excluding hydrogens is 518 g/mol. The van der Waals surface area contributed by atoms with Crippen LogP contribution < -0.4 is 0 Å². The van der Waals surface area contributed by atoms with Crippen LogP contribution in [-0.4, -0.2) is 71.7 Å². The normalized spacial score (nSPS) is 9.74. The van der Waals surface area contributed by atoms with Gasteiger partial charge in [0.2, 0.25) is 11.6 Å². The predicted octanol–water partition coefficient (Wildman–Crippen LogP) is 2.31. The number of aromatic amines is 1. The van der Waals surface area contributed by atoms with Crippen LogP contribution in [0.3, 0.4) is 0 Å². The molecular formula is C26H25NO12. The molecule has 0 saturated heterocycles. The summed E-state index contributed by atoms with van der Waals surface area (Å²) < 4.78 is 0. The first-order valence-corrected chi connectivity index (χ1v) is 11.2. The van der Waals surface area contributed by atoms with Crippen molar-refractivity contribution in [3.05, 3.63) is 65.9 Å². The number of phenols is 1. The fourth-order valence-corrected chi connectivity index (χ4v) is 2.92. The van der Waals surface area contributed by atoms with Gasteiger partial charge in [-0.1, -0.05) is 30.3 Å². The number of carbonyl (C=O) groups is 7. The Bertz CT molecular complexity index is 1350. The molecule has 39 heavy (non-hydrogen) atoms. The maximum Gasteiger partial charge on any atom is 0.377 e. The summed E-state index contributed by atoms with van der Waals surface area (Å²) in [6.45, 7) is 0. The number of aromatic hydroxyl groups is 1. The van der Waals surface area contributed by atoms with Gasteiger partial charge in [-0.05, 0) is 36.6 Å². The Labute approximate surface area is 220 Å². The molecule has 0 atom stereocenters. The second-order valence-electron chi connectivity index (χ2n) is 7.78. The van der Waals surface area contributed by atoms with E-state index in [4.69, 9.17) is 25.5 Å². The number of ketones is 3. The van der Waals surface area contributed by atoms with Gasteiger partial charge in [-0.3, -0.25) is 19.2 Å². The predicted molar refractivity (Wildman–Crippen MR) is 133 cm³/mol. The SMILES string of the molecule is O=C(O)C(=O)Cc1ccc(O)cc1.O=C(O)C(=O)c1c[nH]c2ccccc12.O=C(O)CCCCC(=O)C(=O)O. The lowest BCUT2D eigenvalue weighted by Gasteiger charge is -1.97. The molecule has 3 rings (SSSR count). The molecule has 13 nitrogen and oxygen atoms in total. The van der Waals surface area contributed by atoms with Gasteiger partial charge < -0.3 is 30.5 Å². The number of carboxylic acids is 4. The maximum absolute atomic E-state index is 11.2. The van der Waals surface area contributed by atoms with Crippen LogP contribution in [0.4, 0.5) is 0 Å². The van der Waals surface area contributed by atoms with E-state index in [0.29, 0.717) is 23.8 Å². The molecule has 0 radical (unpaired) electrons. The number of hydrogen-bond donors (Lipinski definition) is 6. The molecule has 0 amide bonds. The number of hydrogen-bond acceptors (Lipinski definition) is 8. The molecule has 0 aliphatic carbocycles. The van der Waals surface area contributed by atoms with Gasteiger partial charge in [0.25, 0.3) is 5.78 Å². The molecule has 0 unspecified atom stereocenters. The van der Waals surface area contributed by atoms with Crippen LogP contribution in [0.15, 0.2) is 54.7 Å². The number of aromatic nitrogens is 1. The number of carbonyl (C=O) groups excluding carboxylic acids is 3. The highest BCUT2D eigenvalue weighted by molar-refractivity contribution is 6.42. The molecule has 6 N–H and O–H groups in total. The summed E-state index contributed by atoms with van der Waals surface area (Å²) >= 11 is 0. The summed E-state index contributed by atoms with van der Waals surface area (Å²) in [5, 5.41) is 42.7. The molecule has 0 bridgehead atoms. The number of fused-ring (bicyclic) bond motifs is 1. The van der Waals surface area contributed by atoms with E-state index in [0.717, 1.165) is 5.52 Å². The van der Waals surface area contributed by atoms with Crippen molar-refractivity contribution >= 4 is 52.1 Å². The van der Waals surface area contributed by atoms with Crippen LogP contribution in [0.5, 0.6) is 5.75 Å². The number of carboxylic acid groups (broad SMARTS) is 4. The fourth-order valence-electron chi connectivity index (χ4n) is 2.92. The molecule has 0 aliphatic rings. The maximum atomic E-state index is 11.2. The Balaban J connectivity index is 0.000000294. The lowest BCUT2D eigenvalue weighted by Crippen LogP contribution is -2.14. The lowest BCUT2D eigenvalue weighted by atomic mass is 10.1. The largest absolute Gasteiger partial charge is 0.508 e. The minimum Gasteiger partial charge on any atom is -0.508 e. The van der Waals surface area contributed by atoms with E-state index in [1.807, 2.05) is 6.07 Å². The van der Waals surface area contributed by atoms with Gasteiger partial charge in [0.05, 0.1) is 5.56 Å². The van der Waals surface area contributed by atoms with Crippen molar-refractivity contribution < 1.29 is 59.1 Å². The molecule has 0 spiro atoms. The minimum atomic E-state index is -1.45. The molecule has 1 heterocycles. The molecule has 13 heteroatoms. The summed E-state index contributed by atoms with van der Waals surface area (Å²) in [5.41, 5.74) is 1.54. The van der Waals surface area contributed by atoms with E-state index in [9.17, 15) is 33.6 Å². The quantitative estimate of drug-likeness (QED) is 0.116. The van der Waals surface area contributed by atoms with Crippen molar-refractivity contribution in [1.29, 1.82) is 0 Å². The van der Waals surface area contributed by atoms with Crippen LogP contribution in [0.25, 0.3) is 10.9 Å². The lowest BCUT2D eigenvalue weighted by molar-refractivity contribution is -0.149. The van der Waals surface area contributed by atoms with Crippen molar-refractivity contribution in [3.63, 3.8) is 0 Å². The zero-order valence-corrected chi connectivity index (χ0v) is 20.3. The highest BCUT2D eigenvalue weighted by Crippen LogP contribution is 2.18. The Hall–Kier alpha value is -5.33. The monoisotopic (exact) mass is 543 g/mol. The molecule has 0 aliphatic heterocycles. The number of Topliss-reactive ketones (excluding diaryl/α,β-unsaturated/α-hetero) is 3. The van der Waals surface area contributed by atoms with Crippen molar-refractivity contribution in [3.8, 4) is 5.75 Å². The van der Waals surface area contributed by atoms with Crippen molar-refractivity contribution in [2.45, 2.75) is 32.1 Å². The van der Waals surface area contributed by atoms with E-state index in [1.165, 1.54) is 30.5 Å². The van der Waals surface area contributed by atoms with Gasteiger partial charge in [-0.15, -0.1) is 0 Å². The van der Waals surface area contributed by atoms with Gasteiger partial charge in [0.1, 0.15) is 5.75 Å². The molecule has 2 aromatic carbocycles. The van der Waals surface area contributed by atoms with E-state index >= 15 is 0 Å². The van der Waals surface area contributed by atoms with Crippen LogP contribution in [0, 0.1) is 0 Å². The Morgan fingerprint density at radius 1 is 0.667 bits per heavy atom. The van der Waals surface area contributed by atoms with E-state index in [-0.39, 0.29) is 30.6 Å². The zero-order valence-electron chi connectivity index (χ0n) is 20.3. The Kier molecular flexibility index (Phi) is 12.8. The summed E-state index contributed by atoms with van der Waals surface area (Å²) in [4.78, 5) is 75.8. The molecule has 206 valence electrons. The first-order chi connectivity index (χ1) is 18.3. The average molecular weight is 543 g/mol. The topological polar surface area (TPSA) is 236 Å². The van der Waals surface area contributed by atoms with Crippen molar-refractivity contribution in [1.82, 2.24) is 4.98 Å². The van der Waals surface area contributed by atoms with Gasteiger partial charge in [-0.25, -0.2) is 14.4 Å². The fraction of sp³-hybridized carbons (Fsp3) is 0.192. The van der Waals surface area contributed by atoms with Crippen molar-refractivity contribution in [2.75, 3.05) is 0 Å². The van der Waals surface area contributed by atoms with E-state index < -0.39 is 41.2 Å². The van der Waals surface area contributed by atoms with E-state index in [2.05, 4.69) is 4.98 Å². The third-order valence-corrected chi connectivity index (χ3v) is 4.85. The zero-order chi connectivity index (χ0) is 29.5. The second-order valence-corrected chi connectivity index (χ2v) is 7.78. The Morgan fingerprint density at radius 3 is 1.77 bits per heavy atom. The van der Waals surface area contributed by atoms with Crippen LogP contribution >= 0.6 is 0 Å². The summed E-state index contributed by atoms with van der Waals surface area (Å²) in [6.07, 6.45) is 1.83. The number of rotatable bonds is 11.